The third kappa shape index (κ3) is 1.55. The zero-order chi connectivity index (χ0) is 11.1. The molecule has 0 unspecified atom stereocenters. The summed E-state index contributed by atoms with van der Waals surface area (Å²) < 4.78 is 23.9. The van der Waals surface area contributed by atoms with Gasteiger partial charge in [-0.15, -0.1) is 0 Å². The quantitative estimate of drug-likeness (QED) is 0.860. The van der Waals surface area contributed by atoms with Gasteiger partial charge in [0, 0.05) is 5.75 Å². The molecular formula is C10H10O3S2. The van der Waals surface area contributed by atoms with Crippen molar-refractivity contribution < 1.29 is 13.5 Å². The Hall–Kier alpha value is -0.940. The van der Waals surface area contributed by atoms with Crippen LogP contribution in [0.5, 0.6) is 5.75 Å². The van der Waals surface area contributed by atoms with Gasteiger partial charge < -0.3 is 5.11 Å². The lowest BCUT2D eigenvalue weighted by molar-refractivity contribution is 0.459. The fourth-order valence-electron chi connectivity index (χ4n) is 1.59. The van der Waals surface area contributed by atoms with Crippen LogP contribution in [0.1, 0.15) is 5.56 Å². The summed E-state index contributed by atoms with van der Waals surface area (Å²) in [6, 6.07) is 4.73. The molecule has 0 aliphatic carbocycles. The molecule has 2 rings (SSSR count). The number of fused-ring (bicyclic) bond motifs is 1. The lowest BCUT2D eigenvalue weighted by Crippen LogP contribution is -2.02. The molecule has 1 N–H and O–H groups in total. The summed E-state index contributed by atoms with van der Waals surface area (Å²) in [5.41, 5.74) is 0.582. The average Bonchev–Trinajstić information content (AvgIpc) is 2.40. The van der Waals surface area contributed by atoms with E-state index in [1.807, 2.05) is 6.26 Å². The Bertz CT molecular complexity index is 530. The first-order valence-corrected chi connectivity index (χ1v) is 7.21. The number of phenols is 1. The summed E-state index contributed by atoms with van der Waals surface area (Å²) in [7, 11) is -3.45. The number of hydrogen-bond donors (Lipinski definition) is 1. The Morgan fingerprint density at radius 3 is 2.73 bits per heavy atom. The van der Waals surface area contributed by atoms with Crippen LogP contribution in [-0.2, 0) is 9.84 Å². The van der Waals surface area contributed by atoms with E-state index in [1.165, 1.54) is 17.8 Å². The largest absolute Gasteiger partial charge is 0.507 e. The van der Waals surface area contributed by atoms with Gasteiger partial charge in [-0.05, 0) is 24.0 Å². The van der Waals surface area contributed by atoms with E-state index in [-0.39, 0.29) is 10.6 Å². The van der Waals surface area contributed by atoms with E-state index < -0.39 is 9.84 Å². The van der Waals surface area contributed by atoms with Crippen molar-refractivity contribution in [2.45, 2.75) is 4.90 Å². The van der Waals surface area contributed by atoms with Crippen molar-refractivity contribution in [3.05, 3.63) is 28.7 Å². The lowest BCUT2D eigenvalue weighted by atomic mass is 10.2. The van der Waals surface area contributed by atoms with Crippen molar-refractivity contribution in [1.29, 1.82) is 0 Å². The van der Waals surface area contributed by atoms with Gasteiger partial charge in [0.2, 0.25) is 9.84 Å². The topological polar surface area (TPSA) is 54.4 Å². The zero-order valence-electron chi connectivity index (χ0n) is 8.10. The highest BCUT2D eigenvalue weighted by Gasteiger charge is 2.31. The number of sulfone groups is 1. The first-order chi connectivity index (χ1) is 7.07. The molecule has 0 aromatic heterocycles. The van der Waals surface area contributed by atoms with Gasteiger partial charge in [0.05, 0.1) is 4.91 Å². The Balaban J connectivity index is 2.64. The molecule has 1 aliphatic heterocycles. The molecule has 0 bridgehead atoms. The minimum absolute atomic E-state index is 0.0500. The molecule has 0 radical (unpaired) electrons. The summed E-state index contributed by atoms with van der Waals surface area (Å²) in [4.78, 5) is 0.417. The number of thioether (sulfide) groups is 1. The van der Waals surface area contributed by atoms with Crippen LogP contribution in [0.15, 0.2) is 28.0 Å². The van der Waals surface area contributed by atoms with E-state index in [4.69, 9.17) is 0 Å². The van der Waals surface area contributed by atoms with Gasteiger partial charge in [0.1, 0.15) is 10.6 Å². The second-order valence-corrected chi connectivity index (χ2v) is 6.05. The van der Waals surface area contributed by atoms with Crippen molar-refractivity contribution >= 4 is 27.7 Å². The molecule has 0 spiro atoms. The van der Waals surface area contributed by atoms with Gasteiger partial charge in [0.25, 0.3) is 0 Å². The lowest BCUT2D eigenvalue weighted by Gasteiger charge is -2.03. The second kappa shape index (κ2) is 3.57. The molecule has 3 nitrogen and oxygen atoms in total. The second-order valence-electron chi connectivity index (χ2n) is 3.24. The van der Waals surface area contributed by atoms with E-state index in [0.29, 0.717) is 16.2 Å². The van der Waals surface area contributed by atoms with Crippen LogP contribution in [-0.4, -0.2) is 25.5 Å². The van der Waals surface area contributed by atoms with E-state index >= 15 is 0 Å². The predicted octanol–water partition coefficient (Wildman–Crippen LogP) is 1.88. The standard InChI is InChI=1S/C10H10O3S2/c1-14-6-8-5-7-3-2-4-9(11)10(7)15(8,12)13/h2-5,11H,6H2,1H3. The highest BCUT2D eigenvalue weighted by Crippen LogP contribution is 2.39. The van der Waals surface area contributed by atoms with Crippen LogP contribution in [0, 0.1) is 0 Å². The number of aromatic hydroxyl groups is 1. The van der Waals surface area contributed by atoms with Crippen molar-refractivity contribution in [3.63, 3.8) is 0 Å². The van der Waals surface area contributed by atoms with Gasteiger partial charge >= 0.3 is 0 Å². The van der Waals surface area contributed by atoms with Crippen LogP contribution >= 0.6 is 11.8 Å². The SMILES string of the molecule is CSCC1=Cc2cccc(O)c2S1(=O)=O. The number of benzene rings is 1. The van der Waals surface area contributed by atoms with E-state index in [0.717, 1.165) is 0 Å². The molecule has 0 saturated heterocycles. The summed E-state index contributed by atoms with van der Waals surface area (Å²) >= 11 is 1.45. The molecule has 15 heavy (non-hydrogen) atoms. The van der Waals surface area contributed by atoms with Crippen molar-refractivity contribution in [1.82, 2.24) is 0 Å². The number of hydrogen-bond acceptors (Lipinski definition) is 4. The van der Waals surface area contributed by atoms with E-state index in [2.05, 4.69) is 0 Å². The minimum Gasteiger partial charge on any atom is -0.507 e. The predicted molar refractivity (Wildman–Crippen MR) is 61.7 cm³/mol. The van der Waals surface area contributed by atoms with Gasteiger partial charge in [-0.25, -0.2) is 8.42 Å². The summed E-state index contributed by atoms with van der Waals surface area (Å²) in [5, 5.41) is 9.53. The third-order valence-corrected chi connectivity index (χ3v) is 4.96. The first-order valence-electron chi connectivity index (χ1n) is 4.34. The normalized spacial score (nSPS) is 17.3. The third-order valence-electron chi connectivity index (χ3n) is 2.24. The molecule has 0 atom stereocenters. The van der Waals surface area contributed by atoms with Crippen molar-refractivity contribution in [2.75, 3.05) is 12.0 Å². The molecular weight excluding hydrogens is 232 g/mol. The van der Waals surface area contributed by atoms with E-state index in [1.54, 1.807) is 18.2 Å². The monoisotopic (exact) mass is 242 g/mol. The van der Waals surface area contributed by atoms with Gasteiger partial charge in [-0.2, -0.15) is 11.8 Å². The maximum atomic E-state index is 12.0. The number of rotatable bonds is 2. The molecule has 80 valence electrons. The maximum Gasteiger partial charge on any atom is 0.207 e. The number of phenolic OH excluding ortho intramolecular Hbond substituents is 1. The highest BCUT2D eigenvalue weighted by molar-refractivity contribution is 8.01. The molecule has 0 amide bonds. The van der Waals surface area contributed by atoms with Gasteiger partial charge in [-0.3, -0.25) is 0 Å². The summed E-state index contributed by atoms with van der Waals surface area (Å²) in [5.74, 6) is 0.274. The fourth-order valence-corrected chi connectivity index (χ4v) is 4.26. The van der Waals surface area contributed by atoms with Crippen LogP contribution < -0.4 is 0 Å². The molecule has 0 saturated carbocycles. The molecule has 5 heteroatoms. The molecule has 1 aliphatic rings. The van der Waals surface area contributed by atoms with Gasteiger partial charge in [-0.1, -0.05) is 12.1 Å². The zero-order valence-corrected chi connectivity index (χ0v) is 9.73. The fraction of sp³-hybridized carbons (Fsp3) is 0.200. The molecule has 0 fully saturated rings. The Morgan fingerprint density at radius 2 is 2.13 bits per heavy atom. The first kappa shape index (κ1) is 10.6. The van der Waals surface area contributed by atoms with Crippen LogP contribution in [0.25, 0.3) is 6.08 Å². The van der Waals surface area contributed by atoms with Crippen molar-refractivity contribution in [2.24, 2.45) is 0 Å². The average molecular weight is 242 g/mol. The summed E-state index contributed by atoms with van der Waals surface area (Å²) in [6.45, 7) is 0. The van der Waals surface area contributed by atoms with Crippen LogP contribution in [0.4, 0.5) is 0 Å². The Morgan fingerprint density at radius 1 is 1.40 bits per heavy atom. The van der Waals surface area contributed by atoms with E-state index in [9.17, 15) is 13.5 Å². The van der Waals surface area contributed by atoms with Crippen LogP contribution in [0.3, 0.4) is 0 Å². The minimum atomic E-state index is -3.45. The maximum absolute atomic E-state index is 12.0. The highest BCUT2D eigenvalue weighted by atomic mass is 32.2. The molecule has 1 heterocycles. The smallest absolute Gasteiger partial charge is 0.207 e. The van der Waals surface area contributed by atoms with Crippen LogP contribution in [0.2, 0.25) is 0 Å². The van der Waals surface area contributed by atoms with Gasteiger partial charge in [0.15, 0.2) is 0 Å². The Kier molecular flexibility index (Phi) is 2.52. The molecule has 1 aromatic rings. The summed E-state index contributed by atoms with van der Waals surface area (Å²) in [6.07, 6.45) is 3.47. The van der Waals surface area contributed by atoms with Crippen molar-refractivity contribution in [3.8, 4) is 5.75 Å². The Labute approximate surface area is 92.7 Å². The molecule has 1 aromatic carbocycles.